The van der Waals surface area contributed by atoms with Crippen molar-refractivity contribution in [3.8, 4) is 6.07 Å². The summed E-state index contributed by atoms with van der Waals surface area (Å²) < 4.78 is 36.5. The Kier molecular flexibility index (Phi) is 1.77. The molecule has 0 amide bonds. The summed E-state index contributed by atoms with van der Waals surface area (Å²) in [6.45, 7) is 0. The van der Waals surface area contributed by atoms with Crippen LogP contribution in [0.5, 0.6) is 0 Å². The lowest BCUT2D eigenvalue weighted by molar-refractivity contribution is 0.446. The van der Waals surface area contributed by atoms with Gasteiger partial charge in [0.1, 0.15) is 11.6 Å². The molecule has 0 spiro atoms. The highest BCUT2D eigenvalue weighted by molar-refractivity contribution is 5.26. The van der Waals surface area contributed by atoms with Crippen molar-refractivity contribution >= 4 is 0 Å². The van der Waals surface area contributed by atoms with Gasteiger partial charge in [0.15, 0.2) is 5.82 Å². The third-order valence-electron chi connectivity index (χ3n) is 1.01. The molecule has 0 saturated heterocycles. The van der Waals surface area contributed by atoms with Gasteiger partial charge in [-0.1, -0.05) is 0 Å². The van der Waals surface area contributed by atoms with E-state index >= 15 is 0 Å². The first-order valence-electron chi connectivity index (χ1n) is 2.57. The zero-order valence-corrected chi connectivity index (χ0v) is 5.11. The Bertz CT molecular complexity index is 329. The number of aromatic nitrogens is 1. The van der Waals surface area contributed by atoms with Gasteiger partial charge >= 0.3 is 0 Å². The van der Waals surface area contributed by atoms with Crippen LogP contribution in [0.3, 0.4) is 0 Å². The molecular weight excluding hydrogens is 157 g/mol. The molecule has 11 heavy (non-hydrogen) atoms. The summed E-state index contributed by atoms with van der Waals surface area (Å²) in [5.74, 6) is -4.17. The van der Waals surface area contributed by atoms with Crippen molar-refractivity contribution in [2.75, 3.05) is 0 Å². The highest BCUT2D eigenvalue weighted by Gasteiger charge is 2.09. The average molecular weight is 158 g/mol. The van der Waals surface area contributed by atoms with Gasteiger partial charge in [0.05, 0.1) is 0 Å². The van der Waals surface area contributed by atoms with Crippen LogP contribution < -0.4 is 0 Å². The van der Waals surface area contributed by atoms with Gasteiger partial charge < -0.3 is 0 Å². The Balaban J connectivity index is 3.35. The molecule has 2 nitrogen and oxygen atoms in total. The van der Waals surface area contributed by atoms with E-state index in [1.165, 1.54) is 6.07 Å². The minimum atomic E-state index is -1.54. The van der Waals surface area contributed by atoms with Crippen molar-refractivity contribution in [1.82, 2.24) is 4.98 Å². The van der Waals surface area contributed by atoms with Gasteiger partial charge in [-0.2, -0.15) is 19.0 Å². The fraction of sp³-hybridized carbons (Fsp3) is 0. The van der Waals surface area contributed by atoms with Crippen LogP contribution in [-0.4, -0.2) is 4.98 Å². The lowest BCUT2D eigenvalue weighted by Gasteiger charge is -1.92. The van der Waals surface area contributed by atoms with E-state index in [4.69, 9.17) is 5.26 Å². The number of nitriles is 1. The molecule has 0 fully saturated rings. The largest absolute Gasteiger partial charge is 0.251 e. The second-order valence-electron chi connectivity index (χ2n) is 1.71. The molecule has 0 radical (unpaired) electrons. The molecule has 1 rings (SSSR count). The molecular formula is C6HF3N2. The highest BCUT2D eigenvalue weighted by atomic mass is 19.2. The molecule has 0 saturated carbocycles. The number of pyridine rings is 1. The molecule has 0 atom stereocenters. The number of rotatable bonds is 0. The van der Waals surface area contributed by atoms with Crippen molar-refractivity contribution in [3.05, 3.63) is 29.3 Å². The monoisotopic (exact) mass is 158 g/mol. The molecule has 0 unspecified atom stereocenters. The predicted octanol–water partition coefficient (Wildman–Crippen LogP) is 1.37. The van der Waals surface area contributed by atoms with E-state index in [0.717, 1.165) is 0 Å². The molecule has 0 aliphatic rings. The summed E-state index contributed by atoms with van der Waals surface area (Å²) in [6.07, 6.45) is 0. The Labute approximate surface area is 59.9 Å². The van der Waals surface area contributed by atoms with Gasteiger partial charge in [-0.05, 0) is 0 Å². The molecule has 56 valence electrons. The first-order valence-corrected chi connectivity index (χ1v) is 2.57. The minimum Gasteiger partial charge on any atom is -0.202 e. The van der Waals surface area contributed by atoms with E-state index in [9.17, 15) is 13.2 Å². The van der Waals surface area contributed by atoms with E-state index in [0.29, 0.717) is 6.07 Å². The maximum absolute atomic E-state index is 12.3. The Morgan fingerprint density at radius 1 is 1.27 bits per heavy atom. The Hall–Kier alpha value is -1.57. The van der Waals surface area contributed by atoms with E-state index in [2.05, 4.69) is 4.98 Å². The summed E-state index contributed by atoms with van der Waals surface area (Å²) in [4.78, 5) is 2.51. The van der Waals surface area contributed by atoms with Gasteiger partial charge in [-0.3, -0.25) is 0 Å². The van der Waals surface area contributed by atoms with Crippen LogP contribution in [0, 0.1) is 29.0 Å². The van der Waals surface area contributed by atoms with E-state index < -0.39 is 23.3 Å². The summed E-state index contributed by atoms with van der Waals surface area (Å²) in [5, 5.41) is 8.11. The zero-order valence-electron chi connectivity index (χ0n) is 5.11. The van der Waals surface area contributed by atoms with Crippen LogP contribution in [-0.2, 0) is 0 Å². The molecule has 0 aliphatic carbocycles. The molecule has 1 aromatic rings. The summed E-state index contributed by atoms with van der Waals surface area (Å²) in [7, 11) is 0. The van der Waals surface area contributed by atoms with Gasteiger partial charge in [-0.15, -0.1) is 0 Å². The van der Waals surface area contributed by atoms with Gasteiger partial charge in [0, 0.05) is 6.07 Å². The fourth-order valence-electron chi connectivity index (χ4n) is 0.524. The van der Waals surface area contributed by atoms with Crippen LogP contribution in [0.25, 0.3) is 0 Å². The van der Waals surface area contributed by atoms with Crippen LogP contribution in [0.4, 0.5) is 13.2 Å². The van der Waals surface area contributed by atoms with Crippen LogP contribution in [0.2, 0.25) is 0 Å². The minimum absolute atomic E-state index is 0.456. The fourth-order valence-corrected chi connectivity index (χ4v) is 0.524. The van der Waals surface area contributed by atoms with Crippen LogP contribution >= 0.6 is 0 Å². The van der Waals surface area contributed by atoms with Crippen molar-refractivity contribution in [1.29, 1.82) is 5.26 Å². The van der Waals surface area contributed by atoms with Crippen molar-refractivity contribution in [2.45, 2.75) is 0 Å². The summed E-state index contributed by atoms with van der Waals surface area (Å²) in [5.41, 5.74) is -0.608. The molecule has 0 N–H and O–H groups in total. The summed E-state index contributed by atoms with van der Waals surface area (Å²) >= 11 is 0. The van der Waals surface area contributed by atoms with E-state index in [1.807, 2.05) is 0 Å². The first-order chi connectivity index (χ1) is 5.15. The van der Waals surface area contributed by atoms with Gasteiger partial charge in [0.2, 0.25) is 5.95 Å². The third kappa shape index (κ3) is 1.29. The average Bonchev–Trinajstić information content (AvgIpc) is 1.97. The molecule has 1 heterocycles. The smallest absolute Gasteiger partial charge is 0.202 e. The predicted molar refractivity (Wildman–Crippen MR) is 28.8 cm³/mol. The molecule has 0 bridgehead atoms. The second-order valence-corrected chi connectivity index (χ2v) is 1.71. The van der Waals surface area contributed by atoms with Crippen molar-refractivity contribution in [3.63, 3.8) is 0 Å². The normalized spacial score (nSPS) is 9.27. The molecule has 0 aromatic carbocycles. The number of hydrogen-bond donors (Lipinski definition) is 0. The van der Waals surface area contributed by atoms with Gasteiger partial charge in [0.25, 0.3) is 5.95 Å². The molecule has 1 aromatic heterocycles. The zero-order chi connectivity index (χ0) is 8.43. The van der Waals surface area contributed by atoms with E-state index in [-0.39, 0.29) is 0 Å². The Morgan fingerprint density at radius 2 is 1.91 bits per heavy atom. The van der Waals surface area contributed by atoms with Gasteiger partial charge in [-0.25, -0.2) is 4.39 Å². The number of hydrogen-bond acceptors (Lipinski definition) is 2. The first kappa shape index (κ1) is 7.54. The Morgan fingerprint density at radius 3 is 2.45 bits per heavy atom. The lowest BCUT2D eigenvalue weighted by Crippen LogP contribution is -1.96. The van der Waals surface area contributed by atoms with E-state index in [1.54, 1.807) is 0 Å². The standard InChI is InChI=1S/C6HF3N2/c7-4-1-3(2-10)5(8)11-6(4)9/h1H. The maximum Gasteiger partial charge on any atom is 0.251 e. The topological polar surface area (TPSA) is 36.7 Å². The SMILES string of the molecule is N#Cc1cc(F)c(F)nc1F. The summed E-state index contributed by atoms with van der Waals surface area (Å²) in [6, 6.07) is 1.78. The quantitative estimate of drug-likeness (QED) is 0.534. The molecule has 0 aliphatic heterocycles. The number of nitrogens with zero attached hydrogens (tertiary/aromatic N) is 2. The second kappa shape index (κ2) is 2.58. The van der Waals surface area contributed by atoms with Crippen molar-refractivity contribution < 1.29 is 13.2 Å². The van der Waals surface area contributed by atoms with Crippen LogP contribution in [0.1, 0.15) is 5.56 Å². The number of halogens is 3. The van der Waals surface area contributed by atoms with Crippen LogP contribution in [0.15, 0.2) is 6.07 Å². The third-order valence-corrected chi connectivity index (χ3v) is 1.01. The maximum atomic E-state index is 12.3. The highest BCUT2D eigenvalue weighted by Crippen LogP contribution is 2.08. The lowest BCUT2D eigenvalue weighted by atomic mass is 10.3. The molecule has 5 heteroatoms. The van der Waals surface area contributed by atoms with Crippen molar-refractivity contribution in [2.24, 2.45) is 0 Å².